The summed E-state index contributed by atoms with van der Waals surface area (Å²) in [6, 6.07) is 4.66. The van der Waals surface area contributed by atoms with Crippen molar-refractivity contribution in [2.24, 2.45) is 5.92 Å². The van der Waals surface area contributed by atoms with Crippen molar-refractivity contribution in [3.63, 3.8) is 0 Å². The van der Waals surface area contributed by atoms with Crippen LogP contribution in [-0.4, -0.2) is 23.5 Å². The molecule has 3 heteroatoms. The standard InChI is InChI=1S/C14H20N2S/c1-12-3-6-16(7-4-12)14(2,11-15)9-13-5-8-17-10-13/h5,8,10,12H,3-4,6-7,9H2,1-2H3. The summed E-state index contributed by atoms with van der Waals surface area (Å²) in [5, 5.41) is 13.8. The molecule has 0 spiro atoms. The summed E-state index contributed by atoms with van der Waals surface area (Å²) < 4.78 is 0. The van der Waals surface area contributed by atoms with E-state index in [9.17, 15) is 5.26 Å². The van der Waals surface area contributed by atoms with E-state index in [-0.39, 0.29) is 5.54 Å². The topological polar surface area (TPSA) is 27.0 Å². The molecule has 1 atom stereocenters. The molecule has 0 radical (unpaired) electrons. The molecule has 17 heavy (non-hydrogen) atoms. The normalized spacial score (nSPS) is 21.9. The van der Waals surface area contributed by atoms with Gasteiger partial charge in [0.05, 0.1) is 6.07 Å². The quantitative estimate of drug-likeness (QED) is 0.820. The first kappa shape index (κ1) is 12.6. The minimum atomic E-state index is -0.332. The predicted molar refractivity (Wildman–Crippen MR) is 72.0 cm³/mol. The van der Waals surface area contributed by atoms with E-state index in [2.05, 4.69) is 41.6 Å². The Kier molecular flexibility index (Phi) is 3.86. The van der Waals surface area contributed by atoms with Gasteiger partial charge in [-0.2, -0.15) is 16.6 Å². The van der Waals surface area contributed by atoms with E-state index < -0.39 is 0 Å². The molecule has 1 aromatic heterocycles. The molecule has 0 N–H and O–H groups in total. The molecular formula is C14H20N2S. The molecule has 2 heterocycles. The zero-order valence-corrected chi connectivity index (χ0v) is 11.5. The Bertz CT molecular complexity index is 385. The maximum Gasteiger partial charge on any atom is 0.110 e. The van der Waals surface area contributed by atoms with Crippen LogP contribution in [0.15, 0.2) is 16.8 Å². The van der Waals surface area contributed by atoms with Gasteiger partial charge in [-0.25, -0.2) is 0 Å². The molecular weight excluding hydrogens is 228 g/mol. The Morgan fingerprint density at radius 2 is 2.24 bits per heavy atom. The molecule has 1 aliphatic heterocycles. The fourth-order valence-electron chi connectivity index (χ4n) is 2.51. The molecule has 2 nitrogen and oxygen atoms in total. The molecule has 92 valence electrons. The number of hydrogen-bond donors (Lipinski definition) is 0. The lowest BCUT2D eigenvalue weighted by Crippen LogP contribution is -2.50. The van der Waals surface area contributed by atoms with Crippen LogP contribution in [0.1, 0.15) is 32.3 Å². The zero-order valence-electron chi connectivity index (χ0n) is 10.6. The predicted octanol–water partition coefficient (Wildman–Crippen LogP) is 3.30. The van der Waals surface area contributed by atoms with Gasteiger partial charge in [0.2, 0.25) is 0 Å². The highest BCUT2D eigenvalue weighted by atomic mass is 32.1. The molecule has 1 saturated heterocycles. The van der Waals surface area contributed by atoms with E-state index in [4.69, 9.17) is 0 Å². The van der Waals surface area contributed by atoms with Crippen molar-refractivity contribution in [3.8, 4) is 6.07 Å². The molecule has 2 rings (SSSR count). The van der Waals surface area contributed by atoms with E-state index >= 15 is 0 Å². The first-order valence-corrected chi connectivity index (χ1v) is 7.26. The fraction of sp³-hybridized carbons (Fsp3) is 0.643. The highest BCUT2D eigenvalue weighted by Gasteiger charge is 2.34. The number of piperidine rings is 1. The lowest BCUT2D eigenvalue weighted by Gasteiger charge is -2.40. The molecule has 0 aliphatic carbocycles. The third kappa shape index (κ3) is 2.88. The van der Waals surface area contributed by atoms with Gasteiger partial charge in [-0.1, -0.05) is 6.92 Å². The Hall–Kier alpha value is -0.850. The van der Waals surface area contributed by atoms with Crippen molar-refractivity contribution in [3.05, 3.63) is 22.4 Å². The van der Waals surface area contributed by atoms with E-state index in [0.717, 1.165) is 25.4 Å². The van der Waals surface area contributed by atoms with Gasteiger partial charge >= 0.3 is 0 Å². The van der Waals surface area contributed by atoms with Crippen molar-refractivity contribution in [2.75, 3.05) is 13.1 Å². The van der Waals surface area contributed by atoms with E-state index in [1.54, 1.807) is 11.3 Å². The van der Waals surface area contributed by atoms with Crippen LogP contribution in [0.3, 0.4) is 0 Å². The maximum absolute atomic E-state index is 9.51. The molecule has 1 aromatic rings. The van der Waals surface area contributed by atoms with Crippen LogP contribution >= 0.6 is 11.3 Å². The largest absolute Gasteiger partial charge is 0.285 e. The van der Waals surface area contributed by atoms with Crippen LogP contribution in [-0.2, 0) is 6.42 Å². The number of rotatable bonds is 3. The molecule has 1 unspecified atom stereocenters. The van der Waals surface area contributed by atoms with Gasteiger partial charge in [0.1, 0.15) is 5.54 Å². The van der Waals surface area contributed by atoms with Gasteiger partial charge < -0.3 is 0 Å². The van der Waals surface area contributed by atoms with Crippen molar-refractivity contribution < 1.29 is 0 Å². The molecule has 1 fully saturated rings. The zero-order chi connectivity index (χ0) is 12.3. The average molecular weight is 248 g/mol. The lowest BCUT2D eigenvalue weighted by atomic mass is 9.89. The van der Waals surface area contributed by atoms with Gasteiger partial charge in [0.25, 0.3) is 0 Å². The molecule has 0 amide bonds. The van der Waals surface area contributed by atoms with Crippen LogP contribution in [0.25, 0.3) is 0 Å². The number of hydrogen-bond acceptors (Lipinski definition) is 3. The lowest BCUT2D eigenvalue weighted by molar-refractivity contribution is 0.103. The SMILES string of the molecule is CC1CCN(C(C)(C#N)Cc2ccsc2)CC1. The third-order valence-electron chi connectivity index (χ3n) is 3.85. The highest BCUT2D eigenvalue weighted by Crippen LogP contribution is 2.27. The monoisotopic (exact) mass is 248 g/mol. The van der Waals surface area contributed by atoms with Crippen LogP contribution in [0.4, 0.5) is 0 Å². The van der Waals surface area contributed by atoms with Gasteiger partial charge in [0.15, 0.2) is 0 Å². The smallest absolute Gasteiger partial charge is 0.110 e. The van der Waals surface area contributed by atoms with Crippen molar-refractivity contribution >= 4 is 11.3 Å². The Labute approximate surface area is 108 Å². The second-order valence-electron chi connectivity index (χ2n) is 5.36. The summed E-state index contributed by atoms with van der Waals surface area (Å²) in [5.41, 5.74) is 0.957. The number of likely N-dealkylation sites (tertiary alicyclic amines) is 1. The van der Waals surface area contributed by atoms with Gasteiger partial charge in [0, 0.05) is 6.42 Å². The number of nitrogens with zero attached hydrogens (tertiary/aromatic N) is 2. The molecule has 1 aliphatic rings. The Balaban J connectivity index is 2.06. The van der Waals surface area contributed by atoms with Crippen molar-refractivity contribution in [1.29, 1.82) is 5.26 Å². The summed E-state index contributed by atoms with van der Waals surface area (Å²) in [6.45, 7) is 6.52. The van der Waals surface area contributed by atoms with Gasteiger partial charge in [-0.3, -0.25) is 4.90 Å². The average Bonchev–Trinajstić information content (AvgIpc) is 2.82. The number of thiophene rings is 1. The molecule has 0 aromatic carbocycles. The summed E-state index contributed by atoms with van der Waals surface area (Å²) in [5.74, 6) is 0.815. The Morgan fingerprint density at radius 3 is 2.76 bits per heavy atom. The van der Waals surface area contributed by atoms with Gasteiger partial charge in [-0.05, 0) is 61.2 Å². The van der Waals surface area contributed by atoms with Crippen LogP contribution < -0.4 is 0 Å². The number of nitriles is 1. The summed E-state index contributed by atoms with van der Waals surface area (Å²) in [4.78, 5) is 2.37. The van der Waals surface area contributed by atoms with Crippen molar-refractivity contribution in [1.82, 2.24) is 4.90 Å². The summed E-state index contributed by atoms with van der Waals surface area (Å²) in [6.07, 6.45) is 3.29. The second kappa shape index (κ2) is 5.20. The highest BCUT2D eigenvalue weighted by molar-refractivity contribution is 7.07. The van der Waals surface area contributed by atoms with Crippen LogP contribution in [0.5, 0.6) is 0 Å². The van der Waals surface area contributed by atoms with Crippen LogP contribution in [0, 0.1) is 17.2 Å². The van der Waals surface area contributed by atoms with E-state index in [1.807, 2.05) is 0 Å². The minimum Gasteiger partial charge on any atom is -0.285 e. The fourth-order valence-corrected chi connectivity index (χ4v) is 3.18. The maximum atomic E-state index is 9.51. The first-order valence-electron chi connectivity index (χ1n) is 6.31. The molecule has 0 bridgehead atoms. The summed E-state index contributed by atoms with van der Waals surface area (Å²) in [7, 11) is 0. The van der Waals surface area contributed by atoms with E-state index in [0.29, 0.717) is 0 Å². The van der Waals surface area contributed by atoms with Crippen molar-refractivity contribution in [2.45, 2.75) is 38.6 Å². The molecule has 0 saturated carbocycles. The Morgan fingerprint density at radius 1 is 1.53 bits per heavy atom. The third-order valence-corrected chi connectivity index (χ3v) is 4.58. The second-order valence-corrected chi connectivity index (χ2v) is 6.14. The summed E-state index contributed by atoms with van der Waals surface area (Å²) >= 11 is 1.71. The van der Waals surface area contributed by atoms with Crippen LogP contribution in [0.2, 0.25) is 0 Å². The first-order chi connectivity index (χ1) is 8.14. The van der Waals surface area contributed by atoms with Gasteiger partial charge in [-0.15, -0.1) is 0 Å². The minimum absolute atomic E-state index is 0.332. The van der Waals surface area contributed by atoms with E-state index in [1.165, 1.54) is 18.4 Å².